The van der Waals surface area contributed by atoms with Crippen LogP contribution in [0.5, 0.6) is 0 Å². The predicted molar refractivity (Wildman–Crippen MR) is 132 cm³/mol. The molecule has 0 spiro atoms. The van der Waals surface area contributed by atoms with E-state index in [1.165, 1.54) is 18.2 Å². The molecule has 1 atom stereocenters. The summed E-state index contributed by atoms with van der Waals surface area (Å²) >= 11 is 0. The minimum atomic E-state index is -1.45. The molecule has 0 aliphatic carbocycles. The first kappa shape index (κ1) is 30.9. The van der Waals surface area contributed by atoms with Crippen molar-refractivity contribution in [3.05, 3.63) is 63.1 Å². The highest BCUT2D eigenvalue weighted by atomic mass is 19.1. The van der Waals surface area contributed by atoms with Crippen molar-refractivity contribution in [2.75, 3.05) is 6.54 Å². The van der Waals surface area contributed by atoms with Gasteiger partial charge >= 0.3 is 6.09 Å². The third-order valence-corrected chi connectivity index (χ3v) is 4.50. The summed E-state index contributed by atoms with van der Waals surface area (Å²) in [6.45, 7) is 13.6. The second-order valence-corrected chi connectivity index (χ2v) is 8.91. The number of aryl methyl sites for hydroxylation is 1. The van der Waals surface area contributed by atoms with Gasteiger partial charge in [-0.2, -0.15) is 0 Å². The lowest BCUT2D eigenvalue weighted by atomic mass is 9.92. The molecule has 0 saturated carbocycles. The van der Waals surface area contributed by atoms with E-state index in [2.05, 4.69) is 10.3 Å². The van der Waals surface area contributed by atoms with E-state index in [1.54, 1.807) is 53.7 Å². The predicted octanol–water partition coefficient (Wildman–Crippen LogP) is 5.93. The number of nitrogens with zero attached hydrogens (tertiary/aromatic N) is 2. The lowest BCUT2D eigenvalue weighted by Crippen LogP contribution is -2.44. The molecule has 8 nitrogen and oxygen atoms in total. The summed E-state index contributed by atoms with van der Waals surface area (Å²) in [5, 5.41) is 24.0. The van der Waals surface area contributed by atoms with Crippen molar-refractivity contribution >= 4 is 6.09 Å². The Kier molecular flexibility index (Phi) is 11.3. The molecule has 190 valence electrons. The molecule has 1 unspecified atom stereocenters. The molecular formula is C25H38FN3O5. The van der Waals surface area contributed by atoms with Gasteiger partial charge in [-0.15, -0.1) is 0 Å². The van der Waals surface area contributed by atoms with Crippen molar-refractivity contribution in [2.45, 2.75) is 80.1 Å². The van der Waals surface area contributed by atoms with E-state index >= 15 is 0 Å². The highest BCUT2D eigenvalue weighted by Crippen LogP contribution is 2.29. The van der Waals surface area contributed by atoms with Gasteiger partial charge < -0.3 is 15.2 Å². The first-order chi connectivity index (χ1) is 15.2. The number of hydrogen-bond acceptors (Lipinski definition) is 6. The first-order valence-corrected chi connectivity index (χ1v) is 10.8. The maximum atomic E-state index is 13.7. The van der Waals surface area contributed by atoms with Gasteiger partial charge in [0.15, 0.2) is 6.10 Å². The second-order valence-electron chi connectivity index (χ2n) is 8.91. The Bertz CT molecular complexity index is 987. The van der Waals surface area contributed by atoms with E-state index in [1.807, 2.05) is 13.8 Å². The average molecular weight is 480 g/mol. The summed E-state index contributed by atoms with van der Waals surface area (Å²) < 4.78 is 19.0. The summed E-state index contributed by atoms with van der Waals surface area (Å²) in [7, 11) is 0. The number of carbonyl (C=O) groups excluding carboxylic acids is 1. The fourth-order valence-electron chi connectivity index (χ4n) is 2.90. The van der Waals surface area contributed by atoms with Gasteiger partial charge in [0.05, 0.1) is 16.9 Å². The number of rotatable bonds is 6. The molecule has 1 amide bonds. The fourth-order valence-corrected chi connectivity index (χ4v) is 2.90. The van der Waals surface area contributed by atoms with Crippen LogP contribution >= 0.6 is 0 Å². The SMILES string of the molecule is C.CC.Cc1cc(-c2cc(C(C)(C)NC(=O)OC(C)(C)C)cc(C(O)C[N+](=O)[O-])n2)ccc1F. The van der Waals surface area contributed by atoms with Crippen molar-refractivity contribution in [3.8, 4) is 11.3 Å². The summed E-state index contributed by atoms with van der Waals surface area (Å²) in [6, 6.07) is 7.62. The van der Waals surface area contributed by atoms with E-state index in [-0.39, 0.29) is 18.9 Å². The van der Waals surface area contributed by atoms with Crippen LogP contribution in [0.15, 0.2) is 30.3 Å². The van der Waals surface area contributed by atoms with Crippen molar-refractivity contribution in [1.29, 1.82) is 0 Å². The van der Waals surface area contributed by atoms with Crippen LogP contribution in [0.1, 0.15) is 78.8 Å². The molecule has 0 fully saturated rings. The van der Waals surface area contributed by atoms with E-state index < -0.39 is 34.8 Å². The van der Waals surface area contributed by atoms with E-state index in [4.69, 9.17) is 4.74 Å². The number of aliphatic hydroxyl groups is 1. The summed E-state index contributed by atoms with van der Waals surface area (Å²) in [5.41, 5.74) is 0.331. The van der Waals surface area contributed by atoms with Crippen LogP contribution in [0.4, 0.5) is 9.18 Å². The average Bonchev–Trinajstić information content (AvgIpc) is 2.68. The number of ether oxygens (including phenoxy) is 1. The van der Waals surface area contributed by atoms with Crippen molar-refractivity contribution < 1.29 is 24.0 Å². The molecule has 2 aromatic rings. The molecule has 34 heavy (non-hydrogen) atoms. The van der Waals surface area contributed by atoms with Crippen LogP contribution in [0.3, 0.4) is 0 Å². The molecule has 1 aromatic carbocycles. The van der Waals surface area contributed by atoms with Gasteiger partial charge in [0.25, 0.3) is 0 Å². The molecule has 1 heterocycles. The van der Waals surface area contributed by atoms with Crippen LogP contribution in [-0.2, 0) is 10.3 Å². The number of nitrogens with one attached hydrogen (secondary N) is 1. The van der Waals surface area contributed by atoms with Gasteiger partial charge in [-0.1, -0.05) is 21.3 Å². The third-order valence-electron chi connectivity index (χ3n) is 4.50. The molecule has 0 bridgehead atoms. The van der Waals surface area contributed by atoms with Crippen LogP contribution in [-0.4, -0.2) is 33.3 Å². The molecule has 2 rings (SSSR count). The smallest absolute Gasteiger partial charge is 0.408 e. The summed E-state index contributed by atoms with van der Waals surface area (Å²) in [6.07, 6.45) is -2.09. The Hall–Kier alpha value is -3.07. The molecule has 0 radical (unpaired) electrons. The maximum absolute atomic E-state index is 13.7. The van der Waals surface area contributed by atoms with Gasteiger partial charge in [0.1, 0.15) is 11.4 Å². The molecule has 9 heteroatoms. The zero-order valence-electron chi connectivity index (χ0n) is 20.5. The van der Waals surface area contributed by atoms with E-state index in [0.717, 1.165) is 0 Å². The summed E-state index contributed by atoms with van der Waals surface area (Å²) in [5.74, 6) is -0.375. The van der Waals surface area contributed by atoms with Gasteiger partial charge in [0.2, 0.25) is 6.54 Å². The Labute approximate surface area is 201 Å². The van der Waals surface area contributed by atoms with Crippen molar-refractivity contribution in [3.63, 3.8) is 0 Å². The number of hydrogen-bond donors (Lipinski definition) is 2. The number of amides is 1. The van der Waals surface area contributed by atoms with E-state index in [9.17, 15) is 24.4 Å². The minimum absolute atomic E-state index is 0. The van der Waals surface area contributed by atoms with Crippen molar-refractivity contribution in [1.82, 2.24) is 10.3 Å². The number of nitro groups is 1. The zero-order chi connectivity index (χ0) is 25.6. The first-order valence-electron chi connectivity index (χ1n) is 10.8. The van der Waals surface area contributed by atoms with Gasteiger partial charge in [-0.25, -0.2) is 14.2 Å². The molecule has 1 aromatic heterocycles. The third kappa shape index (κ3) is 9.05. The van der Waals surface area contributed by atoms with Gasteiger partial charge in [-0.05, 0) is 83.0 Å². The normalized spacial score (nSPS) is 11.9. The highest BCUT2D eigenvalue weighted by molar-refractivity contribution is 5.69. The quantitative estimate of drug-likeness (QED) is 0.392. The fraction of sp³-hybridized carbons (Fsp3) is 0.520. The Morgan fingerprint density at radius 1 is 1.21 bits per heavy atom. The number of pyridine rings is 1. The number of aliphatic hydroxyl groups excluding tert-OH is 1. The lowest BCUT2D eigenvalue weighted by molar-refractivity contribution is -0.491. The number of aromatic nitrogens is 1. The molecule has 2 N–H and O–H groups in total. The van der Waals surface area contributed by atoms with E-state index in [0.29, 0.717) is 22.4 Å². The number of halogens is 1. The van der Waals surface area contributed by atoms with Crippen LogP contribution in [0.2, 0.25) is 0 Å². The topological polar surface area (TPSA) is 115 Å². The van der Waals surface area contributed by atoms with Crippen LogP contribution in [0.25, 0.3) is 11.3 Å². The zero-order valence-corrected chi connectivity index (χ0v) is 20.5. The van der Waals surface area contributed by atoms with Gasteiger partial charge in [-0.3, -0.25) is 10.1 Å². The summed E-state index contributed by atoms with van der Waals surface area (Å²) in [4.78, 5) is 26.9. The highest BCUT2D eigenvalue weighted by Gasteiger charge is 2.29. The molecule has 0 aliphatic rings. The Balaban J connectivity index is 0.00000353. The standard InChI is InChI=1S/C22H28FN3O5.C2H6.CH4/c1-13-9-14(7-8-16(13)23)17-10-15(11-18(24-17)19(27)12-26(29)30)22(5,6)25-20(28)31-21(2,3)4;1-2;/h7-11,19,27H,12H2,1-6H3,(H,25,28);1-2H3;1H4. The van der Waals surface area contributed by atoms with Crippen LogP contribution in [0, 0.1) is 22.9 Å². The Morgan fingerprint density at radius 2 is 1.79 bits per heavy atom. The number of carbonyl (C=O) groups is 1. The van der Waals surface area contributed by atoms with Gasteiger partial charge in [0, 0.05) is 10.5 Å². The van der Waals surface area contributed by atoms with Crippen LogP contribution < -0.4 is 5.32 Å². The lowest BCUT2D eigenvalue weighted by Gasteiger charge is -2.30. The molecule has 0 saturated heterocycles. The Morgan fingerprint density at radius 3 is 2.29 bits per heavy atom. The molecular weight excluding hydrogens is 441 g/mol. The molecule has 0 aliphatic heterocycles. The minimum Gasteiger partial charge on any atom is -0.444 e. The number of benzene rings is 1. The maximum Gasteiger partial charge on any atom is 0.408 e. The van der Waals surface area contributed by atoms with Crippen molar-refractivity contribution in [2.24, 2.45) is 0 Å². The second kappa shape index (κ2) is 12.4. The largest absolute Gasteiger partial charge is 0.444 e. The monoisotopic (exact) mass is 479 g/mol. The number of alkyl carbamates (subject to hydrolysis) is 1.